The van der Waals surface area contributed by atoms with E-state index in [1.165, 1.54) is 0 Å². The summed E-state index contributed by atoms with van der Waals surface area (Å²) < 4.78 is 10.6. The molecule has 0 radical (unpaired) electrons. The Kier molecular flexibility index (Phi) is 3.85. The number of aldehydes is 1. The molecule has 0 aliphatic heterocycles. The molecule has 0 atom stereocenters. The molecule has 2 aromatic rings. The number of carbonyl (C=O) groups is 1. The van der Waals surface area contributed by atoms with Crippen LogP contribution in [0.5, 0.6) is 11.5 Å². The average Bonchev–Trinajstić information content (AvgIpc) is 2.46. The summed E-state index contributed by atoms with van der Waals surface area (Å²) in [5.74, 6) is 1.41. The number of hydrogen-bond donors (Lipinski definition) is 0. The summed E-state index contributed by atoms with van der Waals surface area (Å²) in [4.78, 5) is 11.2. The highest BCUT2D eigenvalue weighted by Gasteiger charge is 2.11. The predicted molar refractivity (Wildman–Crippen MR) is 75.1 cm³/mol. The number of carbonyl (C=O) groups excluding carboxylic acids is 1. The molecule has 0 aliphatic rings. The monoisotopic (exact) mass is 256 g/mol. The molecule has 0 aromatic heterocycles. The molecule has 0 bridgehead atoms. The summed E-state index contributed by atoms with van der Waals surface area (Å²) in [6, 6.07) is 11.3. The molecule has 98 valence electrons. The quantitative estimate of drug-likeness (QED) is 0.785. The molecule has 0 heterocycles. The first kappa shape index (κ1) is 13.1. The molecule has 0 aliphatic carbocycles. The molecular weight excluding hydrogens is 240 g/mol. The van der Waals surface area contributed by atoms with Crippen molar-refractivity contribution in [2.45, 2.75) is 6.92 Å². The zero-order chi connectivity index (χ0) is 13.8. The second-order valence-corrected chi connectivity index (χ2v) is 4.27. The molecule has 0 spiro atoms. The van der Waals surface area contributed by atoms with Crippen molar-refractivity contribution in [1.29, 1.82) is 0 Å². The van der Waals surface area contributed by atoms with E-state index in [1.54, 1.807) is 14.2 Å². The van der Waals surface area contributed by atoms with Crippen LogP contribution in [0.25, 0.3) is 11.1 Å². The highest BCUT2D eigenvalue weighted by molar-refractivity contribution is 5.89. The van der Waals surface area contributed by atoms with Gasteiger partial charge in [0.1, 0.15) is 11.5 Å². The largest absolute Gasteiger partial charge is 0.497 e. The zero-order valence-corrected chi connectivity index (χ0v) is 11.3. The minimum Gasteiger partial charge on any atom is -0.497 e. The normalized spacial score (nSPS) is 10.1. The maximum Gasteiger partial charge on any atom is 0.150 e. The van der Waals surface area contributed by atoms with Crippen LogP contribution in [0.4, 0.5) is 0 Å². The lowest BCUT2D eigenvalue weighted by Crippen LogP contribution is -1.94. The van der Waals surface area contributed by atoms with Crippen molar-refractivity contribution in [3.63, 3.8) is 0 Å². The first-order valence-corrected chi connectivity index (χ1v) is 5.98. The van der Waals surface area contributed by atoms with Crippen LogP contribution in [0.3, 0.4) is 0 Å². The number of aryl methyl sites for hydroxylation is 1. The van der Waals surface area contributed by atoms with Crippen LogP contribution >= 0.6 is 0 Å². The molecule has 0 saturated heterocycles. The van der Waals surface area contributed by atoms with Crippen LogP contribution in [0, 0.1) is 6.92 Å². The van der Waals surface area contributed by atoms with Gasteiger partial charge in [-0.15, -0.1) is 0 Å². The van der Waals surface area contributed by atoms with Crippen molar-refractivity contribution in [1.82, 2.24) is 0 Å². The first-order chi connectivity index (χ1) is 9.19. The highest BCUT2D eigenvalue weighted by atomic mass is 16.5. The van der Waals surface area contributed by atoms with Gasteiger partial charge in [0.25, 0.3) is 0 Å². The van der Waals surface area contributed by atoms with E-state index in [9.17, 15) is 4.79 Å². The van der Waals surface area contributed by atoms with E-state index in [4.69, 9.17) is 9.47 Å². The highest BCUT2D eigenvalue weighted by Crippen LogP contribution is 2.35. The molecule has 0 fully saturated rings. The van der Waals surface area contributed by atoms with Gasteiger partial charge in [0.15, 0.2) is 6.29 Å². The van der Waals surface area contributed by atoms with Gasteiger partial charge in [-0.2, -0.15) is 0 Å². The predicted octanol–water partition coefficient (Wildman–Crippen LogP) is 3.49. The number of rotatable bonds is 4. The fourth-order valence-corrected chi connectivity index (χ4v) is 2.03. The smallest absolute Gasteiger partial charge is 0.150 e. The summed E-state index contributed by atoms with van der Waals surface area (Å²) in [6.45, 7) is 1.99. The fourth-order valence-electron chi connectivity index (χ4n) is 2.03. The van der Waals surface area contributed by atoms with E-state index in [1.807, 2.05) is 43.3 Å². The molecule has 3 nitrogen and oxygen atoms in total. The van der Waals surface area contributed by atoms with E-state index in [0.29, 0.717) is 11.3 Å². The van der Waals surface area contributed by atoms with E-state index in [2.05, 4.69) is 0 Å². The minimum atomic E-state index is 0.647. The average molecular weight is 256 g/mol. The third-order valence-corrected chi connectivity index (χ3v) is 3.03. The molecule has 0 saturated carbocycles. The van der Waals surface area contributed by atoms with Gasteiger partial charge < -0.3 is 9.47 Å². The lowest BCUT2D eigenvalue weighted by Gasteiger charge is -2.12. The Labute approximate surface area is 112 Å². The maximum absolute atomic E-state index is 11.2. The van der Waals surface area contributed by atoms with Gasteiger partial charge in [-0.25, -0.2) is 0 Å². The van der Waals surface area contributed by atoms with Crippen LogP contribution in [-0.4, -0.2) is 20.5 Å². The first-order valence-electron chi connectivity index (χ1n) is 5.98. The van der Waals surface area contributed by atoms with Gasteiger partial charge in [-0.05, 0) is 24.6 Å². The minimum absolute atomic E-state index is 0.647. The molecule has 0 unspecified atom stereocenters. The third kappa shape index (κ3) is 2.60. The maximum atomic E-state index is 11.2. The Bertz CT molecular complexity index is 603. The van der Waals surface area contributed by atoms with Crippen molar-refractivity contribution in [3.8, 4) is 22.6 Å². The van der Waals surface area contributed by atoms with Crippen molar-refractivity contribution < 1.29 is 14.3 Å². The topological polar surface area (TPSA) is 35.5 Å². The van der Waals surface area contributed by atoms with E-state index in [0.717, 1.165) is 28.7 Å². The molecule has 3 heteroatoms. The Morgan fingerprint density at radius 2 is 1.74 bits per heavy atom. The molecule has 2 rings (SSSR count). The Balaban J connectivity index is 2.64. The number of ether oxygens (including phenoxy) is 2. The second kappa shape index (κ2) is 5.57. The molecule has 0 amide bonds. The van der Waals surface area contributed by atoms with Crippen molar-refractivity contribution in [2.24, 2.45) is 0 Å². The van der Waals surface area contributed by atoms with Crippen LogP contribution in [0.1, 0.15) is 15.9 Å². The van der Waals surface area contributed by atoms with E-state index in [-0.39, 0.29) is 0 Å². The molecule has 19 heavy (non-hydrogen) atoms. The summed E-state index contributed by atoms with van der Waals surface area (Å²) in [5, 5.41) is 0. The van der Waals surface area contributed by atoms with Crippen molar-refractivity contribution in [3.05, 3.63) is 47.5 Å². The van der Waals surface area contributed by atoms with Crippen molar-refractivity contribution >= 4 is 6.29 Å². The van der Waals surface area contributed by atoms with Crippen LogP contribution in [-0.2, 0) is 0 Å². The lowest BCUT2D eigenvalue weighted by atomic mass is 9.97. The lowest BCUT2D eigenvalue weighted by molar-refractivity contribution is 0.112. The standard InChI is InChI=1S/C16H16O3/c1-11-4-5-12(10-17)15(8-11)14-7-6-13(18-2)9-16(14)19-3/h4-10H,1-3H3. The number of methoxy groups -OCH3 is 2. The molecule has 0 N–H and O–H groups in total. The van der Waals surface area contributed by atoms with Gasteiger partial charge in [0, 0.05) is 17.2 Å². The second-order valence-electron chi connectivity index (χ2n) is 4.27. The van der Waals surface area contributed by atoms with Gasteiger partial charge in [0.2, 0.25) is 0 Å². The number of benzene rings is 2. The van der Waals surface area contributed by atoms with Crippen LogP contribution < -0.4 is 9.47 Å². The fraction of sp³-hybridized carbons (Fsp3) is 0.188. The Hall–Kier alpha value is -2.29. The van der Waals surface area contributed by atoms with Gasteiger partial charge in [-0.3, -0.25) is 4.79 Å². The summed E-state index contributed by atoms with van der Waals surface area (Å²) in [6.07, 6.45) is 0.860. The van der Waals surface area contributed by atoms with Gasteiger partial charge in [-0.1, -0.05) is 23.8 Å². The number of hydrogen-bond acceptors (Lipinski definition) is 3. The zero-order valence-electron chi connectivity index (χ0n) is 11.3. The van der Waals surface area contributed by atoms with Gasteiger partial charge >= 0.3 is 0 Å². The summed E-state index contributed by atoms with van der Waals surface area (Å²) >= 11 is 0. The van der Waals surface area contributed by atoms with E-state index < -0.39 is 0 Å². The van der Waals surface area contributed by atoms with Crippen molar-refractivity contribution in [2.75, 3.05) is 14.2 Å². The van der Waals surface area contributed by atoms with E-state index >= 15 is 0 Å². The third-order valence-electron chi connectivity index (χ3n) is 3.03. The Morgan fingerprint density at radius 3 is 2.37 bits per heavy atom. The SMILES string of the molecule is COc1ccc(-c2cc(C)ccc2C=O)c(OC)c1. The van der Waals surface area contributed by atoms with Crippen LogP contribution in [0.2, 0.25) is 0 Å². The summed E-state index contributed by atoms with van der Waals surface area (Å²) in [7, 11) is 3.21. The van der Waals surface area contributed by atoms with Gasteiger partial charge in [0.05, 0.1) is 14.2 Å². The Morgan fingerprint density at radius 1 is 0.947 bits per heavy atom. The molecule has 2 aromatic carbocycles. The summed E-state index contributed by atoms with van der Waals surface area (Å²) in [5.41, 5.74) is 3.50. The molecular formula is C16H16O3. The van der Waals surface area contributed by atoms with Crippen LogP contribution in [0.15, 0.2) is 36.4 Å².